The van der Waals surface area contributed by atoms with Gasteiger partial charge in [-0.15, -0.1) is 11.3 Å². The number of fused-ring (bicyclic) bond motifs is 3. The average Bonchev–Trinajstić information content (AvgIpc) is 3.21. The monoisotopic (exact) mass is 362 g/mol. The summed E-state index contributed by atoms with van der Waals surface area (Å²) in [5, 5.41) is 4.16. The van der Waals surface area contributed by atoms with Crippen molar-refractivity contribution < 1.29 is 9.21 Å². The fourth-order valence-corrected chi connectivity index (χ4v) is 5.80. The van der Waals surface area contributed by atoms with E-state index in [0.29, 0.717) is 12.0 Å². The van der Waals surface area contributed by atoms with Crippen LogP contribution in [0.3, 0.4) is 0 Å². The van der Waals surface area contributed by atoms with Crippen LogP contribution in [0.25, 0.3) is 0 Å². The van der Waals surface area contributed by atoms with E-state index in [4.69, 9.17) is 4.42 Å². The van der Waals surface area contributed by atoms with Gasteiger partial charge in [0.05, 0.1) is 9.09 Å². The first-order valence-electron chi connectivity index (χ1n) is 8.49. The molecule has 3 saturated heterocycles. The smallest absolute Gasteiger partial charge is 0.261 e. The Morgan fingerprint density at radius 1 is 1.29 bits per heavy atom. The van der Waals surface area contributed by atoms with Crippen LogP contribution in [0, 0.1) is 12.8 Å². The average molecular weight is 363 g/mol. The van der Waals surface area contributed by atoms with Gasteiger partial charge in [0.25, 0.3) is 5.91 Å². The van der Waals surface area contributed by atoms with E-state index >= 15 is 0 Å². The molecule has 0 aliphatic carbocycles. The van der Waals surface area contributed by atoms with E-state index < -0.39 is 0 Å². The molecule has 3 aliphatic heterocycles. The number of carbonyl (C=O) groups is 1. The van der Waals surface area contributed by atoms with Crippen molar-refractivity contribution in [3.8, 4) is 0 Å². The van der Waals surface area contributed by atoms with Gasteiger partial charge in [0.1, 0.15) is 5.76 Å². The van der Waals surface area contributed by atoms with E-state index in [1.165, 1.54) is 37.3 Å². The second-order valence-corrected chi connectivity index (χ2v) is 9.09. The fourth-order valence-electron chi connectivity index (χ4n) is 3.83. The topological polar surface area (TPSA) is 45.5 Å². The first-order chi connectivity index (χ1) is 11.6. The van der Waals surface area contributed by atoms with Crippen molar-refractivity contribution in [3.05, 3.63) is 34.9 Å². The van der Waals surface area contributed by atoms with Crippen molar-refractivity contribution in [2.24, 2.45) is 5.92 Å². The lowest BCUT2D eigenvalue weighted by Gasteiger charge is -2.49. The summed E-state index contributed by atoms with van der Waals surface area (Å²) in [4.78, 5) is 15.9. The first-order valence-corrected chi connectivity index (χ1v) is 10.1. The number of nitrogens with zero attached hydrogens (tertiary/aromatic N) is 1. The van der Waals surface area contributed by atoms with Gasteiger partial charge in [-0.3, -0.25) is 9.69 Å². The molecular formula is C18H22N2O2S2. The van der Waals surface area contributed by atoms with Gasteiger partial charge in [-0.2, -0.15) is 0 Å². The minimum absolute atomic E-state index is 0.0630. The lowest BCUT2D eigenvalue weighted by Crippen LogP contribution is -2.62. The molecule has 5 heterocycles. The Morgan fingerprint density at radius 2 is 2.08 bits per heavy atom. The fraction of sp³-hybridized carbons (Fsp3) is 0.500. The molecule has 3 aliphatic rings. The van der Waals surface area contributed by atoms with Crippen molar-refractivity contribution in [3.63, 3.8) is 0 Å². The normalized spacial score (nSPS) is 28.9. The summed E-state index contributed by atoms with van der Waals surface area (Å²) in [5.74, 6) is 1.60. The van der Waals surface area contributed by atoms with Gasteiger partial charge in [-0.05, 0) is 81.7 Å². The molecule has 128 valence electrons. The minimum Gasteiger partial charge on any atom is -0.455 e. The number of amides is 1. The van der Waals surface area contributed by atoms with Gasteiger partial charge in [0, 0.05) is 12.1 Å². The standard InChI is InChI=1S/C18H22N2O2S2/c1-11-3-5-15(22-11)24-16-6-4-14(23-16)18(21)19-17-12(2)20-9-7-13(17)8-10-20/h3-6,12-13,17H,7-10H2,1-2H3,(H,19,21)/t12-,17+/m1/s1. The number of nitrogens with one attached hydrogen (secondary N) is 1. The summed E-state index contributed by atoms with van der Waals surface area (Å²) < 4.78 is 6.67. The summed E-state index contributed by atoms with van der Waals surface area (Å²) in [7, 11) is 0. The molecule has 5 rings (SSSR count). The Balaban J connectivity index is 1.41. The lowest BCUT2D eigenvalue weighted by molar-refractivity contribution is 0.0218. The highest BCUT2D eigenvalue weighted by Crippen LogP contribution is 2.35. The SMILES string of the molecule is Cc1ccc(Sc2ccc(C(=O)N[C@@H]3C4CCN(CC4)[C@@H]3C)s2)o1. The van der Waals surface area contributed by atoms with Crippen LogP contribution in [0.15, 0.2) is 38.0 Å². The van der Waals surface area contributed by atoms with Crippen molar-refractivity contribution in [1.82, 2.24) is 10.2 Å². The van der Waals surface area contributed by atoms with E-state index in [0.717, 1.165) is 19.9 Å². The number of hydrogen-bond acceptors (Lipinski definition) is 5. The van der Waals surface area contributed by atoms with Crippen molar-refractivity contribution >= 4 is 29.0 Å². The van der Waals surface area contributed by atoms with Gasteiger partial charge in [0.15, 0.2) is 5.09 Å². The van der Waals surface area contributed by atoms with Crippen LogP contribution in [0.2, 0.25) is 0 Å². The molecule has 2 aromatic rings. The number of hydrogen-bond donors (Lipinski definition) is 1. The highest BCUT2D eigenvalue weighted by molar-refractivity contribution is 8.01. The van der Waals surface area contributed by atoms with Gasteiger partial charge < -0.3 is 9.73 Å². The summed E-state index contributed by atoms with van der Waals surface area (Å²) in [6.07, 6.45) is 2.41. The second kappa shape index (κ2) is 6.58. The zero-order valence-corrected chi connectivity index (χ0v) is 15.6. The number of thiophene rings is 1. The van der Waals surface area contributed by atoms with Crippen LogP contribution in [0.5, 0.6) is 0 Å². The molecular weight excluding hydrogens is 340 g/mol. The van der Waals surface area contributed by atoms with Crippen LogP contribution in [-0.4, -0.2) is 36.0 Å². The van der Waals surface area contributed by atoms with Crippen LogP contribution in [0.1, 0.15) is 35.2 Å². The molecule has 4 nitrogen and oxygen atoms in total. The maximum atomic E-state index is 12.7. The predicted molar refractivity (Wildman–Crippen MR) is 96.9 cm³/mol. The minimum atomic E-state index is 0.0630. The van der Waals surface area contributed by atoms with Crippen LogP contribution in [-0.2, 0) is 0 Å². The molecule has 0 radical (unpaired) electrons. The molecule has 0 aromatic carbocycles. The Morgan fingerprint density at radius 3 is 2.75 bits per heavy atom. The molecule has 24 heavy (non-hydrogen) atoms. The molecule has 1 amide bonds. The Hall–Kier alpha value is -1.24. The Kier molecular flexibility index (Phi) is 4.45. The molecule has 2 bridgehead atoms. The third kappa shape index (κ3) is 3.15. The van der Waals surface area contributed by atoms with Crippen LogP contribution >= 0.6 is 23.1 Å². The summed E-state index contributed by atoms with van der Waals surface area (Å²) in [6, 6.07) is 8.58. The highest BCUT2D eigenvalue weighted by atomic mass is 32.2. The Bertz CT molecular complexity index is 729. The second-order valence-electron chi connectivity index (χ2n) is 6.70. The number of carbonyl (C=O) groups excluding carboxylic acids is 1. The third-order valence-electron chi connectivity index (χ3n) is 5.20. The van der Waals surface area contributed by atoms with Crippen molar-refractivity contribution in [2.75, 3.05) is 13.1 Å². The predicted octanol–water partition coefficient (Wildman–Crippen LogP) is 4.01. The summed E-state index contributed by atoms with van der Waals surface area (Å²) in [6.45, 7) is 6.54. The van der Waals surface area contributed by atoms with Crippen LogP contribution < -0.4 is 5.32 Å². The van der Waals surface area contributed by atoms with E-state index in [2.05, 4.69) is 17.1 Å². The van der Waals surface area contributed by atoms with Gasteiger partial charge >= 0.3 is 0 Å². The molecule has 0 spiro atoms. The van der Waals surface area contributed by atoms with E-state index in [1.807, 2.05) is 31.2 Å². The number of rotatable bonds is 4. The first kappa shape index (κ1) is 16.2. The van der Waals surface area contributed by atoms with Crippen molar-refractivity contribution in [1.29, 1.82) is 0 Å². The molecule has 6 heteroatoms. The van der Waals surface area contributed by atoms with Gasteiger partial charge in [0.2, 0.25) is 0 Å². The maximum Gasteiger partial charge on any atom is 0.261 e. The molecule has 0 unspecified atom stereocenters. The summed E-state index contributed by atoms with van der Waals surface area (Å²) >= 11 is 3.10. The summed E-state index contributed by atoms with van der Waals surface area (Å²) in [5.41, 5.74) is 0. The molecule has 1 N–H and O–H groups in total. The van der Waals surface area contributed by atoms with E-state index in [9.17, 15) is 4.79 Å². The number of aryl methyl sites for hydroxylation is 1. The largest absolute Gasteiger partial charge is 0.455 e. The molecule has 2 aromatic heterocycles. The third-order valence-corrected chi connectivity index (χ3v) is 7.33. The van der Waals surface area contributed by atoms with Gasteiger partial charge in [-0.25, -0.2) is 0 Å². The Labute approximate surface area is 150 Å². The molecule has 2 atom stereocenters. The zero-order chi connectivity index (χ0) is 16.7. The number of piperidine rings is 3. The number of furan rings is 1. The zero-order valence-electron chi connectivity index (χ0n) is 14.0. The lowest BCUT2D eigenvalue weighted by atomic mass is 9.79. The van der Waals surface area contributed by atoms with Crippen molar-refractivity contribution in [2.45, 2.75) is 48.1 Å². The van der Waals surface area contributed by atoms with Crippen LogP contribution in [0.4, 0.5) is 0 Å². The molecule has 0 saturated carbocycles. The van der Waals surface area contributed by atoms with Gasteiger partial charge in [-0.1, -0.05) is 0 Å². The van der Waals surface area contributed by atoms with E-state index in [-0.39, 0.29) is 11.9 Å². The van der Waals surface area contributed by atoms with E-state index in [1.54, 1.807) is 11.8 Å². The maximum absolute atomic E-state index is 12.7. The quantitative estimate of drug-likeness (QED) is 0.892. The molecule has 3 fully saturated rings. The highest BCUT2D eigenvalue weighted by Gasteiger charge is 2.40.